The van der Waals surface area contributed by atoms with E-state index in [1.807, 2.05) is 83.2 Å². The molecule has 8 saturated heterocycles. The van der Waals surface area contributed by atoms with Crippen LogP contribution < -0.4 is 51.9 Å². The normalized spacial score (nSPS) is 19.9. The van der Waals surface area contributed by atoms with Crippen molar-refractivity contribution in [3.8, 4) is 5.82 Å². The molecule has 23 nitrogen and oxygen atoms in total. The lowest BCUT2D eigenvalue weighted by Gasteiger charge is -2.47. The van der Waals surface area contributed by atoms with Crippen LogP contribution in [0.1, 0.15) is 122 Å². The molecule has 9 N–H and O–H groups in total. The minimum absolute atomic E-state index is 0. The number of allylic oxidation sites excluding steroid dienone is 1. The van der Waals surface area contributed by atoms with Gasteiger partial charge >= 0.3 is 0 Å². The van der Waals surface area contributed by atoms with E-state index in [1.54, 1.807) is 42.8 Å². The fraction of sp³-hybridized carbons (Fsp3) is 0.561. The lowest BCUT2D eigenvalue weighted by atomic mass is 9.71. The van der Waals surface area contributed by atoms with Crippen LogP contribution >= 0.6 is 0 Å². The smallest absolute Gasteiger partial charge is 0.278 e. The number of nitrogens with zero attached hydrogens (tertiary/aromatic N) is 12. The summed E-state index contributed by atoms with van der Waals surface area (Å²) in [5.41, 5.74) is 15.0. The minimum atomic E-state index is -1.15. The highest BCUT2D eigenvalue weighted by molar-refractivity contribution is 5.77. The van der Waals surface area contributed by atoms with Gasteiger partial charge in [-0.2, -0.15) is 4.98 Å². The molecule has 0 amide bonds. The fourth-order valence-electron chi connectivity index (χ4n) is 17.6. The highest BCUT2D eigenvalue weighted by Gasteiger charge is 2.41. The van der Waals surface area contributed by atoms with Crippen LogP contribution in [0.25, 0.3) is 16.9 Å². The molecule has 108 heavy (non-hydrogen) atoms. The number of likely N-dealkylation sites (tertiary alicyclic amines) is 3. The number of fused-ring (bicyclic) bond motifs is 1. The number of nitrogen functional groups attached to an aromatic ring is 1. The Hall–Kier alpha value is -8.37. The first-order valence-electron chi connectivity index (χ1n) is 39.0. The second-order valence-electron chi connectivity index (χ2n) is 31.7. The number of piperidine rings is 8. The second-order valence-corrected chi connectivity index (χ2v) is 31.7. The van der Waals surface area contributed by atoms with Gasteiger partial charge in [0.2, 0.25) is 5.95 Å². The van der Waals surface area contributed by atoms with Gasteiger partial charge in [0.25, 0.3) is 16.9 Å². The molecular weight excluding hydrogens is 1380 g/mol. The topological polar surface area (TPSA) is 281 Å². The van der Waals surface area contributed by atoms with E-state index in [4.69, 9.17) is 10.7 Å². The van der Waals surface area contributed by atoms with Crippen molar-refractivity contribution in [2.24, 2.45) is 21.7 Å². The Bertz CT molecular complexity index is 3980. The zero-order valence-corrected chi connectivity index (χ0v) is 63.6. The van der Waals surface area contributed by atoms with Crippen molar-refractivity contribution < 1.29 is 39.6 Å². The number of nitrogens with one attached hydrogen (secondary N) is 4. The number of hydrogen-bond acceptors (Lipinski definition) is 19. The first kappa shape index (κ1) is 82.1. The summed E-state index contributed by atoms with van der Waals surface area (Å²) in [5, 5.41) is 21.5. The molecule has 0 bridgehead atoms. The standard InChI is InChI=1S/C33H41FN8O2.C17H24FN3O.C17H26FN3.C15H21N3O.2H2O/c1-4-17-41-30(43)26-23-35-31(38-29(26)42(41)28-7-5-6-27(37-28)32(2,3)44)36-24-8-10-25(11-9-24)40-20-14-33(15-21-40)12-18-39(19-13-33)22-16-34;18-9-14-20-10-5-17(6-11-20)7-12-21(13-8-17)16-3-1-15(19-22)2-4-16;18-9-14-20-10-5-17(6-11-20)7-12-21(13-8-17)16-3-1-15(19)2-4-16;19-17-13-1-3-14(4-2-13)18-11-7-15(8-12-18)5-9-16-10-6-15;;/h4-11,23,44H,1,12-22H2,2-3H3,(H,35,36,38);1-4H,5-14H2;1-4H,5-14,19H2;1-4,16H,5-12H2;2*1H2. The van der Waals surface area contributed by atoms with Crippen molar-refractivity contribution in [1.82, 2.24) is 44.3 Å². The Labute approximate surface area is 634 Å². The average Bonchev–Trinajstić information content (AvgIpc) is 1.59. The Balaban J connectivity index is 0.000000164. The molecule has 15 rings (SSSR count). The van der Waals surface area contributed by atoms with Crippen LogP contribution in [0.2, 0.25) is 0 Å². The van der Waals surface area contributed by atoms with Crippen LogP contribution in [-0.2, 0) is 12.1 Å². The third kappa shape index (κ3) is 20.5. The molecule has 0 saturated carbocycles. The van der Waals surface area contributed by atoms with Crippen LogP contribution in [0.5, 0.6) is 0 Å². The maximum atomic E-state index is 13.3. The van der Waals surface area contributed by atoms with Crippen LogP contribution in [0, 0.1) is 31.5 Å². The van der Waals surface area contributed by atoms with Crippen molar-refractivity contribution in [1.29, 1.82) is 0 Å². The van der Waals surface area contributed by atoms with Crippen LogP contribution in [-0.4, -0.2) is 199 Å². The van der Waals surface area contributed by atoms with Crippen molar-refractivity contribution in [3.05, 3.63) is 160 Å². The van der Waals surface area contributed by atoms with Crippen LogP contribution in [0.3, 0.4) is 0 Å². The molecule has 3 aromatic heterocycles. The number of anilines is 7. The molecule has 26 heteroatoms. The Morgan fingerprint density at radius 2 is 0.889 bits per heavy atom. The summed E-state index contributed by atoms with van der Waals surface area (Å²) >= 11 is 0. The summed E-state index contributed by atoms with van der Waals surface area (Å²) in [6.07, 6.45) is 23.0. The van der Waals surface area contributed by atoms with Gasteiger partial charge in [-0.1, -0.05) is 12.1 Å². The van der Waals surface area contributed by atoms with Gasteiger partial charge in [0, 0.05) is 157 Å². The SMILES string of the molecule is C=CCn1c(=O)c2cnc(Nc3ccc(N4CCC5(CCN(CCF)CC5)CC4)cc3)nc2n1-c1cccc(C(C)(C)O)n1.Nc1ccc(N2CCC3(CCN(CCF)CC3)CC2)cc1.O=[NH+]c1ccc(N2CCC3(CCN(CCF)CC3)CC2)cc1.O=[NH+]c1ccc(N2CCC3(CCNCC3)CC2)cc1.[OH-].[OH-]. The zero-order chi connectivity index (χ0) is 74.2. The van der Waals surface area contributed by atoms with Crippen LogP contribution in [0.15, 0.2) is 139 Å². The van der Waals surface area contributed by atoms with Gasteiger partial charge in [-0.15, -0.1) is 6.58 Å². The average molecular weight is 1490 g/mol. The summed E-state index contributed by atoms with van der Waals surface area (Å²) < 4.78 is 40.8. The maximum Gasteiger partial charge on any atom is 0.278 e. The van der Waals surface area contributed by atoms with Gasteiger partial charge in [-0.25, -0.2) is 32.5 Å². The number of aliphatic hydroxyl groups is 1. The van der Waals surface area contributed by atoms with E-state index in [-0.39, 0.29) is 43.1 Å². The number of halogens is 3. The predicted molar refractivity (Wildman–Crippen MR) is 424 cm³/mol. The Kier molecular flexibility index (Phi) is 28.8. The molecule has 0 unspecified atom stereocenters. The molecule has 4 spiro atoms. The summed E-state index contributed by atoms with van der Waals surface area (Å²) in [5.74, 6) is 0.814. The number of nitrogens with two attached hydrogens (primary N) is 1. The highest BCUT2D eigenvalue weighted by atomic mass is 19.1. The van der Waals surface area contributed by atoms with Gasteiger partial charge < -0.3 is 66.7 Å². The Morgan fingerprint density at radius 3 is 1.25 bits per heavy atom. The number of pyridine rings is 1. The number of hydrogen-bond donors (Lipinski definition) is 6. The van der Waals surface area contributed by atoms with E-state index in [0.29, 0.717) is 81.2 Å². The molecule has 0 atom stereocenters. The van der Waals surface area contributed by atoms with Crippen molar-refractivity contribution in [3.63, 3.8) is 0 Å². The van der Waals surface area contributed by atoms with Crippen molar-refractivity contribution in [2.45, 2.75) is 129 Å². The summed E-state index contributed by atoms with van der Waals surface area (Å²) in [4.78, 5) is 64.8. The fourth-order valence-corrected chi connectivity index (χ4v) is 17.6. The van der Waals surface area contributed by atoms with E-state index in [0.717, 1.165) is 103 Å². The van der Waals surface area contributed by atoms with E-state index in [9.17, 15) is 32.9 Å². The van der Waals surface area contributed by atoms with Gasteiger partial charge in [0.05, 0.1) is 12.2 Å². The van der Waals surface area contributed by atoms with E-state index in [1.165, 1.54) is 149 Å². The first-order chi connectivity index (χ1) is 51.5. The lowest BCUT2D eigenvalue weighted by molar-refractivity contribution is -0.379. The summed E-state index contributed by atoms with van der Waals surface area (Å²) in [7, 11) is 0. The van der Waals surface area contributed by atoms with Gasteiger partial charge in [-0.3, -0.25) is 4.79 Å². The molecular formula is C82H116F3N17O6. The van der Waals surface area contributed by atoms with Gasteiger partial charge in [-0.05, 0) is 276 Å². The molecule has 4 aromatic carbocycles. The molecule has 586 valence electrons. The number of nitroso groups, excluding NO2 is 2. The molecule has 0 radical (unpaired) electrons. The number of benzene rings is 4. The molecule has 7 aromatic rings. The zero-order valence-electron chi connectivity index (χ0n) is 63.6. The van der Waals surface area contributed by atoms with E-state index in [2.05, 4.69) is 85.7 Å². The largest absolute Gasteiger partial charge is 0.870 e. The highest BCUT2D eigenvalue weighted by Crippen LogP contribution is 2.46. The maximum absolute atomic E-state index is 13.3. The first-order valence-corrected chi connectivity index (χ1v) is 39.0. The minimum Gasteiger partial charge on any atom is -0.870 e. The molecule has 11 heterocycles. The molecule has 8 aliphatic heterocycles. The molecule has 8 aliphatic rings. The monoisotopic (exact) mass is 1490 g/mol. The third-order valence-corrected chi connectivity index (χ3v) is 24.9. The Morgan fingerprint density at radius 1 is 0.528 bits per heavy atom. The van der Waals surface area contributed by atoms with Crippen molar-refractivity contribution in [2.75, 3.05) is 175 Å². The molecule has 0 aliphatic carbocycles. The van der Waals surface area contributed by atoms with Crippen LogP contribution in [0.4, 0.5) is 64.6 Å². The third-order valence-electron chi connectivity index (χ3n) is 24.9. The summed E-state index contributed by atoms with van der Waals surface area (Å²) in [6, 6.07) is 37.3. The summed E-state index contributed by atoms with van der Waals surface area (Å²) in [6.45, 7) is 25.9. The number of aromatic nitrogens is 5. The number of alkyl halides is 3. The quantitative estimate of drug-likeness (QED) is 0.0344. The van der Waals surface area contributed by atoms with E-state index < -0.39 is 5.60 Å². The lowest BCUT2D eigenvalue weighted by Crippen LogP contribution is -2.55. The van der Waals surface area contributed by atoms with Gasteiger partial charge in [0.15, 0.2) is 11.5 Å². The number of rotatable bonds is 18. The second kappa shape index (κ2) is 37.8. The van der Waals surface area contributed by atoms with Gasteiger partial charge in [0.1, 0.15) is 31.0 Å². The van der Waals surface area contributed by atoms with E-state index >= 15 is 0 Å². The molecule has 8 fully saturated rings. The predicted octanol–water partition coefficient (Wildman–Crippen LogP) is 10.3. The van der Waals surface area contributed by atoms with Crippen molar-refractivity contribution >= 4 is 62.5 Å².